The van der Waals surface area contributed by atoms with Gasteiger partial charge in [0.1, 0.15) is 5.82 Å². The summed E-state index contributed by atoms with van der Waals surface area (Å²) >= 11 is 5.75. The van der Waals surface area contributed by atoms with Crippen LogP contribution < -0.4 is 10.2 Å². The molecule has 2 aliphatic rings. The van der Waals surface area contributed by atoms with Gasteiger partial charge >= 0.3 is 6.03 Å². The number of urea groups is 1. The van der Waals surface area contributed by atoms with Gasteiger partial charge in [-0.1, -0.05) is 11.6 Å². The predicted molar refractivity (Wildman–Crippen MR) is 99.5 cm³/mol. The summed E-state index contributed by atoms with van der Waals surface area (Å²) in [6, 6.07) is 3.57. The first-order valence-electron chi connectivity index (χ1n) is 9.01. The number of fused-ring (bicyclic) bond motifs is 1. The topological polar surface area (TPSA) is 53.4 Å². The molecule has 0 aliphatic carbocycles. The molecule has 28 heavy (non-hydrogen) atoms. The molecule has 0 atom stereocenters. The van der Waals surface area contributed by atoms with Gasteiger partial charge in [-0.25, -0.2) is 18.0 Å². The van der Waals surface area contributed by atoms with Gasteiger partial charge in [0.2, 0.25) is 0 Å². The molecular formula is C18H19ClF3N5O. The van der Waals surface area contributed by atoms with Gasteiger partial charge in [-0.3, -0.25) is 4.68 Å². The summed E-state index contributed by atoms with van der Waals surface area (Å²) in [6.45, 7) is 1.33. The minimum Gasteiger partial charge on any atom is -0.363 e. The normalized spacial score (nSPS) is 18.7. The highest BCUT2D eigenvalue weighted by Crippen LogP contribution is 2.33. The van der Waals surface area contributed by atoms with Crippen LogP contribution in [-0.4, -0.2) is 46.3 Å². The van der Waals surface area contributed by atoms with Crippen LogP contribution in [0.3, 0.4) is 0 Å². The van der Waals surface area contributed by atoms with Crippen molar-refractivity contribution in [2.45, 2.75) is 31.9 Å². The molecule has 3 heterocycles. The third-order valence-corrected chi connectivity index (χ3v) is 5.33. The third kappa shape index (κ3) is 3.76. The Bertz CT molecular complexity index is 903. The minimum absolute atomic E-state index is 0.0807. The number of carbonyl (C=O) groups is 1. The second-order valence-electron chi connectivity index (χ2n) is 7.06. The van der Waals surface area contributed by atoms with E-state index in [1.807, 2.05) is 0 Å². The maximum absolute atomic E-state index is 13.8. The lowest BCUT2D eigenvalue weighted by Gasteiger charge is -2.35. The lowest BCUT2D eigenvalue weighted by Crippen LogP contribution is -2.44. The van der Waals surface area contributed by atoms with Crippen LogP contribution in [0.4, 0.5) is 29.3 Å². The van der Waals surface area contributed by atoms with Crippen LogP contribution in [0.5, 0.6) is 0 Å². The summed E-state index contributed by atoms with van der Waals surface area (Å²) < 4.78 is 42.6. The van der Waals surface area contributed by atoms with E-state index in [9.17, 15) is 18.0 Å². The highest BCUT2D eigenvalue weighted by atomic mass is 35.5. The van der Waals surface area contributed by atoms with Crippen LogP contribution in [0.15, 0.2) is 24.4 Å². The van der Waals surface area contributed by atoms with E-state index < -0.39 is 11.7 Å². The van der Waals surface area contributed by atoms with Gasteiger partial charge in [-0.15, -0.1) is 0 Å². The number of anilines is 2. The molecule has 2 aliphatic heterocycles. The van der Waals surface area contributed by atoms with Crippen molar-refractivity contribution in [3.8, 4) is 0 Å². The second kappa shape index (κ2) is 7.20. The standard InChI is InChI=1S/C18H19ClF3N5O/c19-13-8-12(2-3-14(13)20)24-17(28)25-6-7-27-16(10-25)15(9-23-27)26-5-1-4-18(21,22)11-26/h2-3,8-9H,1,4-7,10-11H2,(H,24,28). The number of aromatic nitrogens is 2. The summed E-state index contributed by atoms with van der Waals surface area (Å²) in [5, 5.41) is 6.90. The predicted octanol–water partition coefficient (Wildman–Crippen LogP) is 3.96. The van der Waals surface area contributed by atoms with Crippen LogP contribution in [0, 0.1) is 5.82 Å². The number of benzene rings is 1. The molecule has 0 unspecified atom stereocenters. The van der Waals surface area contributed by atoms with E-state index in [0.717, 1.165) is 5.69 Å². The first-order chi connectivity index (χ1) is 13.3. The van der Waals surface area contributed by atoms with Gasteiger partial charge in [-0.2, -0.15) is 5.10 Å². The van der Waals surface area contributed by atoms with Gasteiger partial charge in [0.25, 0.3) is 5.92 Å². The van der Waals surface area contributed by atoms with E-state index in [2.05, 4.69) is 10.4 Å². The average Bonchev–Trinajstić information content (AvgIpc) is 3.07. The first kappa shape index (κ1) is 18.9. The van der Waals surface area contributed by atoms with Gasteiger partial charge in [0, 0.05) is 25.2 Å². The highest BCUT2D eigenvalue weighted by molar-refractivity contribution is 6.31. The highest BCUT2D eigenvalue weighted by Gasteiger charge is 2.37. The van der Waals surface area contributed by atoms with Crippen LogP contribution in [-0.2, 0) is 13.1 Å². The van der Waals surface area contributed by atoms with E-state index in [0.29, 0.717) is 37.4 Å². The van der Waals surface area contributed by atoms with Gasteiger partial charge < -0.3 is 15.1 Å². The molecule has 1 aromatic carbocycles. The molecule has 1 N–H and O–H groups in total. The van der Waals surface area contributed by atoms with Crippen LogP contribution in [0.1, 0.15) is 18.5 Å². The molecule has 150 valence electrons. The quantitative estimate of drug-likeness (QED) is 0.810. The number of halogens is 4. The number of nitrogens with one attached hydrogen (secondary N) is 1. The molecule has 1 fully saturated rings. The van der Waals surface area contributed by atoms with E-state index >= 15 is 0 Å². The summed E-state index contributed by atoms with van der Waals surface area (Å²) in [6.07, 6.45) is 1.90. The Morgan fingerprint density at radius 1 is 1.25 bits per heavy atom. The molecule has 2 amide bonds. The number of rotatable bonds is 2. The van der Waals surface area contributed by atoms with Crippen LogP contribution >= 0.6 is 11.6 Å². The molecule has 1 aromatic heterocycles. The number of nitrogens with zero attached hydrogens (tertiary/aromatic N) is 4. The Balaban J connectivity index is 1.49. The Hall–Kier alpha value is -2.42. The molecule has 0 spiro atoms. The van der Waals surface area contributed by atoms with E-state index in [-0.39, 0.29) is 30.6 Å². The zero-order chi connectivity index (χ0) is 19.9. The first-order valence-corrected chi connectivity index (χ1v) is 9.39. The maximum atomic E-state index is 13.8. The fourth-order valence-electron chi connectivity index (χ4n) is 3.62. The molecule has 1 saturated heterocycles. The van der Waals surface area contributed by atoms with Crippen molar-refractivity contribution in [1.29, 1.82) is 0 Å². The molecule has 10 heteroatoms. The smallest absolute Gasteiger partial charge is 0.322 e. The fourth-order valence-corrected chi connectivity index (χ4v) is 3.80. The molecular weight excluding hydrogens is 395 g/mol. The number of alkyl halides is 2. The molecule has 0 bridgehead atoms. The molecule has 0 saturated carbocycles. The SMILES string of the molecule is O=C(Nc1ccc(F)c(Cl)c1)N1CCn2ncc(N3CCCC(F)(F)C3)c2C1. The van der Waals surface area contributed by atoms with Crippen LogP contribution in [0.2, 0.25) is 5.02 Å². The van der Waals surface area contributed by atoms with Crippen molar-refractivity contribution in [3.05, 3.63) is 40.9 Å². The minimum atomic E-state index is -2.72. The summed E-state index contributed by atoms with van der Waals surface area (Å²) in [7, 11) is 0. The lowest BCUT2D eigenvalue weighted by atomic mass is 10.1. The maximum Gasteiger partial charge on any atom is 0.322 e. The Labute approximate surface area is 164 Å². The zero-order valence-corrected chi connectivity index (χ0v) is 15.7. The largest absolute Gasteiger partial charge is 0.363 e. The number of hydrogen-bond acceptors (Lipinski definition) is 3. The zero-order valence-electron chi connectivity index (χ0n) is 15.0. The van der Waals surface area contributed by atoms with Crippen molar-refractivity contribution >= 4 is 29.0 Å². The van der Waals surface area contributed by atoms with Gasteiger partial charge in [0.05, 0.1) is 42.2 Å². The molecule has 4 rings (SSSR count). The fraction of sp³-hybridized carbons (Fsp3) is 0.444. The number of hydrogen-bond donors (Lipinski definition) is 1. The Morgan fingerprint density at radius 2 is 2.07 bits per heavy atom. The molecule has 6 nitrogen and oxygen atoms in total. The Kier molecular flexibility index (Phi) is 4.86. The monoisotopic (exact) mass is 413 g/mol. The van der Waals surface area contributed by atoms with Crippen molar-refractivity contribution in [2.75, 3.05) is 29.9 Å². The van der Waals surface area contributed by atoms with Crippen molar-refractivity contribution in [3.63, 3.8) is 0 Å². The summed E-state index contributed by atoms with van der Waals surface area (Å²) in [5.74, 6) is -3.29. The van der Waals surface area contributed by atoms with Crippen molar-refractivity contribution in [2.24, 2.45) is 0 Å². The van der Waals surface area contributed by atoms with Crippen molar-refractivity contribution < 1.29 is 18.0 Å². The molecule has 0 radical (unpaired) electrons. The van der Waals surface area contributed by atoms with E-state index in [1.165, 1.54) is 18.2 Å². The summed E-state index contributed by atoms with van der Waals surface area (Å²) in [5.41, 5.74) is 1.75. The second-order valence-corrected chi connectivity index (χ2v) is 7.47. The van der Waals surface area contributed by atoms with Gasteiger partial charge in [0.15, 0.2) is 0 Å². The third-order valence-electron chi connectivity index (χ3n) is 5.04. The lowest BCUT2D eigenvalue weighted by molar-refractivity contribution is -0.0117. The Morgan fingerprint density at radius 3 is 2.82 bits per heavy atom. The average molecular weight is 414 g/mol. The van der Waals surface area contributed by atoms with E-state index in [4.69, 9.17) is 11.6 Å². The number of amides is 2. The molecule has 2 aromatic rings. The van der Waals surface area contributed by atoms with E-state index in [1.54, 1.807) is 20.7 Å². The van der Waals surface area contributed by atoms with Gasteiger partial charge in [-0.05, 0) is 24.6 Å². The number of carbonyl (C=O) groups excluding carboxylic acids is 1. The van der Waals surface area contributed by atoms with Crippen molar-refractivity contribution in [1.82, 2.24) is 14.7 Å². The number of piperidine rings is 1. The summed E-state index contributed by atoms with van der Waals surface area (Å²) in [4.78, 5) is 15.8. The van der Waals surface area contributed by atoms with Crippen LogP contribution in [0.25, 0.3) is 0 Å².